The molecule has 0 radical (unpaired) electrons. The van der Waals surface area contributed by atoms with Crippen molar-refractivity contribution >= 4 is 17.8 Å². The summed E-state index contributed by atoms with van der Waals surface area (Å²) >= 11 is 0. The van der Waals surface area contributed by atoms with E-state index < -0.39 is 11.9 Å². The van der Waals surface area contributed by atoms with Gasteiger partial charge in [0.15, 0.2) is 5.69 Å². The van der Waals surface area contributed by atoms with E-state index in [0.29, 0.717) is 12.4 Å². The van der Waals surface area contributed by atoms with Gasteiger partial charge in [-0.1, -0.05) is 0 Å². The van der Waals surface area contributed by atoms with Crippen LogP contribution in [0.4, 0.5) is 5.82 Å². The minimum Gasteiger partial charge on any atom is -0.477 e. The molecule has 0 saturated heterocycles. The Labute approximate surface area is 98.1 Å². The number of hydrogen-bond donors (Lipinski definition) is 1. The second-order valence-electron chi connectivity index (χ2n) is 3.23. The molecule has 0 aliphatic rings. The minimum atomic E-state index is -1.14. The van der Waals surface area contributed by atoms with Gasteiger partial charge >= 0.3 is 11.9 Å². The number of hydrogen-bond acceptors (Lipinski definition) is 6. The minimum absolute atomic E-state index is 0.00388. The summed E-state index contributed by atoms with van der Waals surface area (Å²) in [5, 5.41) is 8.76. The van der Waals surface area contributed by atoms with Crippen molar-refractivity contribution in [3.05, 3.63) is 18.1 Å². The van der Waals surface area contributed by atoms with Crippen molar-refractivity contribution < 1.29 is 19.4 Å². The van der Waals surface area contributed by atoms with Crippen LogP contribution in [0, 0.1) is 0 Å². The van der Waals surface area contributed by atoms with E-state index in [4.69, 9.17) is 9.84 Å². The normalized spacial score (nSPS) is 9.76. The molecule has 0 unspecified atom stereocenters. The maximum Gasteiger partial charge on any atom is 0.354 e. The van der Waals surface area contributed by atoms with E-state index in [0.717, 1.165) is 6.33 Å². The van der Waals surface area contributed by atoms with Crippen molar-refractivity contribution in [3.8, 4) is 0 Å². The standard InChI is InChI=1S/C10H13N3O4/c1-3-17-9(14)5-13(2)8-4-7(10(15)16)11-6-12-8/h4,6H,3,5H2,1-2H3,(H,15,16). The van der Waals surface area contributed by atoms with Crippen molar-refractivity contribution in [2.45, 2.75) is 6.92 Å². The molecule has 1 N–H and O–H groups in total. The number of carboxylic acid groups (broad SMARTS) is 1. The fraction of sp³-hybridized carbons (Fsp3) is 0.400. The number of anilines is 1. The zero-order valence-corrected chi connectivity index (χ0v) is 9.58. The van der Waals surface area contributed by atoms with Crippen molar-refractivity contribution in [3.63, 3.8) is 0 Å². The Kier molecular flexibility index (Phi) is 4.38. The van der Waals surface area contributed by atoms with Gasteiger partial charge in [-0.15, -0.1) is 0 Å². The molecule has 0 aromatic carbocycles. The molecule has 1 heterocycles. The third-order valence-electron chi connectivity index (χ3n) is 1.93. The lowest BCUT2D eigenvalue weighted by molar-refractivity contribution is -0.141. The molecule has 1 aromatic rings. The summed E-state index contributed by atoms with van der Waals surface area (Å²) in [6.07, 6.45) is 1.14. The van der Waals surface area contributed by atoms with Gasteiger partial charge < -0.3 is 14.7 Å². The van der Waals surface area contributed by atoms with Crippen LogP contribution in [0.25, 0.3) is 0 Å². The van der Waals surface area contributed by atoms with Crippen LogP contribution >= 0.6 is 0 Å². The van der Waals surface area contributed by atoms with Crippen molar-refractivity contribution in [2.75, 3.05) is 25.1 Å². The summed E-state index contributed by atoms with van der Waals surface area (Å²) < 4.78 is 4.77. The highest BCUT2D eigenvalue weighted by Gasteiger charge is 2.12. The second kappa shape index (κ2) is 5.78. The van der Waals surface area contributed by atoms with Crippen LogP contribution < -0.4 is 4.90 Å². The topological polar surface area (TPSA) is 92.6 Å². The third-order valence-corrected chi connectivity index (χ3v) is 1.93. The number of aromatic carboxylic acids is 1. The van der Waals surface area contributed by atoms with Gasteiger partial charge in [-0.25, -0.2) is 14.8 Å². The largest absolute Gasteiger partial charge is 0.477 e. The van der Waals surface area contributed by atoms with Gasteiger partial charge in [0.05, 0.1) is 6.61 Å². The van der Waals surface area contributed by atoms with Crippen LogP contribution in [-0.4, -0.2) is 47.2 Å². The van der Waals surface area contributed by atoms with Gasteiger partial charge in [-0.3, -0.25) is 4.79 Å². The Morgan fingerprint density at radius 1 is 1.47 bits per heavy atom. The molecule has 0 fully saturated rings. The van der Waals surface area contributed by atoms with Gasteiger partial charge in [0.2, 0.25) is 0 Å². The number of carboxylic acids is 1. The van der Waals surface area contributed by atoms with E-state index >= 15 is 0 Å². The van der Waals surface area contributed by atoms with Gasteiger partial charge in [0.1, 0.15) is 18.7 Å². The van der Waals surface area contributed by atoms with E-state index in [2.05, 4.69) is 9.97 Å². The maximum atomic E-state index is 11.2. The highest BCUT2D eigenvalue weighted by atomic mass is 16.5. The molecule has 1 rings (SSSR count). The van der Waals surface area contributed by atoms with E-state index in [9.17, 15) is 9.59 Å². The molecule has 0 saturated carbocycles. The molecule has 1 aromatic heterocycles. The Balaban J connectivity index is 2.75. The Morgan fingerprint density at radius 3 is 2.76 bits per heavy atom. The summed E-state index contributed by atoms with van der Waals surface area (Å²) in [5.74, 6) is -1.19. The molecule has 0 aliphatic heterocycles. The summed E-state index contributed by atoms with van der Waals surface area (Å²) in [4.78, 5) is 30.9. The molecule has 0 spiro atoms. The molecular weight excluding hydrogens is 226 g/mol. The first-order valence-electron chi connectivity index (χ1n) is 4.96. The van der Waals surface area contributed by atoms with Crippen LogP contribution in [-0.2, 0) is 9.53 Å². The number of likely N-dealkylation sites (N-methyl/N-ethyl adjacent to an activating group) is 1. The van der Waals surface area contributed by atoms with Gasteiger partial charge in [-0.05, 0) is 6.92 Å². The van der Waals surface area contributed by atoms with E-state index in [1.54, 1.807) is 14.0 Å². The van der Waals surface area contributed by atoms with E-state index in [-0.39, 0.29) is 12.2 Å². The van der Waals surface area contributed by atoms with Crippen LogP contribution in [0.3, 0.4) is 0 Å². The van der Waals surface area contributed by atoms with Crippen LogP contribution in [0.15, 0.2) is 12.4 Å². The number of ether oxygens (including phenoxy) is 1. The molecule has 0 bridgehead atoms. The maximum absolute atomic E-state index is 11.2. The first-order valence-corrected chi connectivity index (χ1v) is 4.96. The average Bonchev–Trinajstić information content (AvgIpc) is 2.29. The smallest absolute Gasteiger partial charge is 0.354 e. The first-order chi connectivity index (χ1) is 8.04. The molecule has 0 amide bonds. The highest BCUT2D eigenvalue weighted by molar-refractivity contribution is 5.86. The average molecular weight is 239 g/mol. The number of carbonyl (C=O) groups is 2. The zero-order valence-electron chi connectivity index (χ0n) is 9.58. The fourth-order valence-electron chi connectivity index (χ4n) is 1.15. The SMILES string of the molecule is CCOC(=O)CN(C)c1cc(C(=O)O)ncn1. The molecular formula is C10H13N3O4. The number of aromatic nitrogens is 2. The zero-order chi connectivity index (χ0) is 12.8. The number of esters is 1. The monoisotopic (exact) mass is 239 g/mol. The second-order valence-corrected chi connectivity index (χ2v) is 3.23. The van der Waals surface area contributed by atoms with Crippen LogP contribution in [0.5, 0.6) is 0 Å². The third kappa shape index (κ3) is 3.71. The molecule has 0 aliphatic carbocycles. The predicted molar refractivity (Wildman–Crippen MR) is 58.9 cm³/mol. The van der Waals surface area contributed by atoms with Crippen molar-refractivity contribution in [2.24, 2.45) is 0 Å². The van der Waals surface area contributed by atoms with Crippen molar-refractivity contribution in [1.29, 1.82) is 0 Å². The van der Waals surface area contributed by atoms with Gasteiger partial charge in [0.25, 0.3) is 0 Å². The quantitative estimate of drug-likeness (QED) is 0.732. The lowest BCUT2D eigenvalue weighted by Gasteiger charge is -2.16. The number of carbonyl (C=O) groups excluding carboxylic acids is 1. The molecule has 7 heteroatoms. The molecule has 17 heavy (non-hydrogen) atoms. The van der Waals surface area contributed by atoms with Gasteiger partial charge in [-0.2, -0.15) is 0 Å². The highest BCUT2D eigenvalue weighted by Crippen LogP contribution is 2.08. The predicted octanol–water partition coefficient (Wildman–Crippen LogP) is 0.174. The lowest BCUT2D eigenvalue weighted by Crippen LogP contribution is -2.28. The van der Waals surface area contributed by atoms with Crippen LogP contribution in [0.2, 0.25) is 0 Å². The summed E-state index contributed by atoms with van der Waals surface area (Å²) in [5.41, 5.74) is -0.120. The Bertz CT molecular complexity index is 422. The first kappa shape index (κ1) is 12.9. The van der Waals surface area contributed by atoms with E-state index in [1.807, 2.05) is 0 Å². The van der Waals surface area contributed by atoms with Crippen LogP contribution in [0.1, 0.15) is 17.4 Å². The fourth-order valence-corrected chi connectivity index (χ4v) is 1.15. The Hall–Kier alpha value is -2.18. The molecule has 0 atom stereocenters. The number of rotatable bonds is 5. The summed E-state index contributed by atoms with van der Waals surface area (Å²) in [6.45, 7) is 2.02. The number of nitrogens with zero attached hydrogens (tertiary/aromatic N) is 3. The Morgan fingerprint density at radius 2 is 2.18 bits per heavy atom. The van der Waals surface area contributed by atoms with E-state index in [1.165, 1.54) is 11.0 Å². The molecule has 92 valence electrons. The molecule has 7 nitrogen and oxygen atoms in total. The van der Waals surface area contributed by atoms with Gasteiger partial charge in [0, 0.05) is 13.1 Å². The lowest BCUT2D eigenvalue weighted by atomic mass is 10.4. The summed E-state index contributed by atoms with van der Waals surface area (Å²) in [6, 6.07) is 1.29. The summed E-state index contributed by atoms with van der Waals surface area (Å²) in [7, 11) is 1.62. The van der Waals surface area contributed by atoms with Crippen molar-refractivity contribution in [1.82, 2.24) is 9.97 Å².